The van der Waals surface area contributed by atoms with E-state index in [4.69, 9.17) is 4.74 Å². The average molecular weight is 290 g/mol. The van der Waals surface area contributed by atoms with Gasteiger partial charge >= 0.3 is 0 Å². The molecule has 0 saturated carbocycles. The predicted molar refractivity (Wildman–Crippen MR) is 88.7 cm³/mol. The van der Waals surface area contributed by atoms with E-state index in [1.54, 1.807) is 7.11 Å². The van der Waals surface area contributed by atoms with Gasteiger partial charge in [-0.3, -0.25) is 4.79 Å². The summed E-state index contributed by atoms with van der Waals surface area (Å²) in [5.41, 5.74) is 0.829. The van der Waals surface area contributed by atoms with Crippen LogP contribution in [0.4, 0.5) is 0 Å². The lowest BCUT2D eigenvalue weighted by Gasteiger charge is -2.23. The number of hydrogen-bond donors (Lipinski definition) is 0. The lowest BCUT2D eigenvalue weighted by molar-refractivity contribution is 0.0127. The number of rotatable bonds is 10. The lowest BCUT2D eigenvalue weighted by Crippen LogP contribution is -2.22. The molecular formula is C19H30O2. The topological polar surface area (TPSA) is 26.3 Å². The maximum absolute atomic E-state index is 12.0. The van der Waals surface area contributed by atoms with E-state index in [9.17, 15) is 4.79 Å². The maximum Gasteiger partial charge on any atom is 0.162 e. The van der Waals surface area contributed by atoms with Gasteiger partial charge in [0, 0.05) is 19.1 Å². The van der Waals surface area contributed by atoms with Crippen molar-refractivity contribution < 1.29 is 9.53 Å². The molecule has 0 aliphatic heterocycles. The second-order valence-electron chi connectivity index (χ2n) is 6.64. The van der Waals surface area contributed by atoms with Crippen molar-refractivity contribution in [2.24, 2.45) is 5.92 Å². The zero-order valence-electron chi connectivity index (χ0n) is 14.0. The molecule has 0 radical (unpaired) electrons. The predicted octanol–water partition coefficient (Wildman–Crippen LogP) is 5.27. The highest BCUT2D eigenvalue weighted by Gasteiger charge is 2.16. The van der Waals surface area contributed by atoms with Gasteiger partial charge in [0.05, 0.1) is 5.60 Å². The van der Waals surface area contributed by atoms with Gasteiger partial charge in [0.1, 0.15) is 0 Å². The van der Waals surface area contributed by atoms with Crippen molar-refractivity contribution in [3.8, 4) is 0 Å². The van der Waals surface area contributed by atoms with Crippen LogP contribution in [0.5, 0.6) is 0 Å². The number of ketones is 1. The van der Waals surface area contributed by atoms with Crippen LogP contribution in [-0.4, -0.2) is 18.5 Å². The van der Waals surface area contributed by atoms with E-state index < -0.39 is 0 Å². The van der Waals surface area contributed by atoms with E-state index in [1.807, 2.05) is 30.3 Å². The molecule has 0 N–H and O–H groups in total. The molecule has 2 nitrogen and oxygen atoms in total. The van der Waals surface area contributed by atoms with E-state index in [2.05, 4.69) is 20.8 Å². The third kappa shape index (κ3) is 7.42. The molecule has 0 amide bonds. The fourth-order valence-electron chi connectivity index (χ4n) is 2.50. The third-order valence-corrected chi connectivity index (χ3v) is 4.22. The minimum absolute atomic E-state index is 0.0109. The van der Waals surface area contributed by atoms with Crippen LogP contribution in [-0.2, 0) is 4.74 Å². The molecule has 118 valence electrons. The Morgan fingerprint density at radius 1 is 1.14 bits per heavy atom. The van der Waals surface area contributed by atoms with Gasteiger partial charge in [-0.1, -0.05) is 56.5 Å². The summed E-state index contributed by atoms with van der Waals surface area (Å²) in [6.07, 6.45) is 6.28. The molecule has 0 aliphatic rings. The van der Waals surface area contributed by atoms with Crippen molar-refractivity contribution in [3.05, 3.63) is 35.9 Å². The van der Waals surface area contributed by atoms with Crippen LogP contribution in [0.25, 0.3) is 0 Å². The number of methoxy groups -OCH3 is 1. The van der Waals surface area contributed by atoms with Gasteiger partial charge in [-0.2, -0.15) is 0 Å². The second-order valence-corrected chi connectivity index (χ2v) is 6.64. The van der Waals surface area contributed by atoms with Gasteiger partial charge in [0.25, 0.3) is 0 Å². The van der Waals surface area contributed by atoms with E-state index >= 15 is 0 Å². The Kier molecular flexibility index (Phi) is 7.66. The third-order valence-electron chi connectivity index (χ3n) is 4.22. The Labute approximate surface area is 129 Å². The minimum Gasteiger partial charge on any atom is -0.379 e. The first kappa shape index (κ1) is 17.9. The van der Waals surface area contributed by atoms with Crippen LogP contribution in [0, 0.1) is 5.92 Å². The first-order valence-corrected chi connectivity index (χ1v) is 8.08. The molecule has 0 fully saturated rings. The highest BCUT2D eigenvalue weighted by atomic mass is 16.5. The second kappa shape index (κ2) is 8.99. The van der Waals surface area contributed by atoms with Crippen molar-refractivity contribution in [1.82, 2.24) is 0 Å². The Bertz CT molecular complexity index is 409. The number of benzene rings is 1. The number of ether oxygens (including phenoxy) is 1. The standard InChI is InChI=1S/C19H30O2/c1-16(11-9-15-19(2,3)21-4)10-8-14-18(20)17-12-6-5-7-13-17/h5-7,12-13,16H,8-11,14-15H2,1-4H3. The van der Waals surface area contributed by atoms with Gasteiger partial charge in [-0.15, -0.1) is 0 Å². The van der Waals surface area contributed by atoms with E-state index in [-0.39, 0.29) is 11.4 Å². The largest absolute Gasteiger partial charge is 0.379 e. The first-order valence-electron chi connectivity index (χ1n) is 8.08. The molecule has 1 aromatic rings. The van der Waals surface area contributed by atoms with Crippen LogP contribution in [0.3, 0.4) is 0 Å². The summed E-state index contributed by atoms with van der Waals surface area (Å²) in [5, 5.41) is 0. The zero-order chi connectivity index (χ0) is 15.7. The molecule has 1 atom stereocenters. The number of hydrogen-bond acceptors (Lipinski definition) is 2. The van der Waals surface area contributed by atoms with Gasteiger partial charge in [0.2, 0.25) is 0 Å². The first-order chi connectivity index (χ1) is 9.94. The Morgan fingerprint density at radius 3 is 2.38 bits per heavy atom. The highest BCUT2D eigenvalue weighted by molar-refractivity contribution is 5.95. The molecule has 2 heteroatoms. The molecule has 0 saturated heterocycles. The SMILES string of the molecule is COC(C)(C)CCCC(C)CCCC(=O)c1ccccc1. The zero-order valence-corrected chi connectivity index (χ0v) is 14.0. The maximum atomic E-state index is 12.0. The normalized spacial score (nSPS) is 13.1. The van der Waals surface area contributed by atoms with Crippen molar-refractivity contribution in [1.29, 1.82) is 0 Å². The molecule has 21 heavy (non-hydrogen) atoms. The fraction of sp³-hybridized carbons (Fsp3) is 0.632. The summed E-state index contributed by atoms with van der Waals surface area (Å²) in [6.45, 7) is 6.55. The van der Waals surface area contributed by atoms with Crippen molar-refractivity contribution in [2.45, 2.75) is 64.9 Å². The van der Waals surface area contributed by atoms with Crippen LogP contribution >= 0.6 is 0 Å². The molecule has 0 bridgehead atoms. The molecule has 0 heterocycles. The van der Waals surface area contributed by atoms with E-state index in [0.29, 0.717) is 12.3 Å². The summed E-state index contributed by atoms with van der Waals surface area (Å²) in [7, 11) is 1.78. The highest BCUT2D eigenvalue weighted by Crippen LogP contribution is 2.21. The van der Waals surface area contributed by atoms with Crippen LogP contribution in [0.15, 0.2) is 30.3 Å². The monoisotopic (exact) mass is 290 g/mol. The molecule has 1 rings (SSSR count). The molecule has 0 aromatic heterocycles. The number of Topliss-reactive ketones (excluding diaryl/α,β-unsaturated/α-hetero) is 1. The minimum atomic E-state index is -0.0109. The van der Waals surface area contributed by atoms with Crippen LogP contribution < -0.4 is 0 Å². The molecule has 0 aliphatic carbocycles. The fourth-order valence-corrected chi connectivity index (χ4v) is 2.50. The summed E-state index contributed by atoms with van der Waals surface area (Å²) in [4.78, 5) is 12.0. The van der Waals surface area contributed by atoms with Crippen molar-refractivity contribution >= 4 is 5.78 Å². The lowest BCUT2D eigenvalue weighted by atomic mass is 9.93. The summed E-state index contributed by atoms with van der Waals surface area (Å²) in [5.74, 6) is 0.949. The Morgan fingerprint density at radius 2 is 1.76 bits per heavy atom. The van der Waals surface area contributed by atoms with Gasteiger partial charge < -0.3 is 4.74 Å². The van der Waals surface area contributed by atoms with Gasteiger partial charge in [-0.05, 0) is 32.6 Å². The van der Waals surface area contributed by atoms with Gasteiger partial charge in [-0.25, -0.2) is 0 Å². The molecule has 1 unspecified atom stereocenters. The summed E-state index contributed by atoms with van der Waals surface area (Å²) >= 11 is 0. The van der Waals surface area contributed by atoms with E-state index in [1.165, 1.54) is 12.8 Å². The average Bonchev–Trinajstić information content (AvgIpc) is 2.48. The van der Waals surface area contributed by atoms with Crippen LogP contribution in [0.1, 0.15) is 69.7 Å². The molecule has 0 spiro atoms. The number of carbonyl (C=O) groups is 1. The van der Waals surface area contributed by atoms with E-state index in [0.717, 1.165) is 24.8 Å². The smallest absolute Gasteiger partial charge is 0.162 e. The summed E-state index contributed by atoms with van der Waals surface area (Å²) in [6, 6.07) is 9.60. The number of carbonyl (C=O) groups excluding carboxylic acids is 1. The molecule has 1 aromatic carbocycles. The van der Waals surface area contributed by atoms with Crippen LogP contribution in [0.2, 0.25) is 0 Å². The van der Waals surface area contributed by atoms with Crippen molar-refractivity contribution in [2.75, 3.05) is 7.11 Å². The molecular weight excluding hydrogens is 260 g/mol. The van der Waals surface area contributed by atoms with Crippen molar-refractivity contribution in [3.63, 3.8) is 0 Å². The quantitative estimate of drug-likeness (QED) is 0.549. The Hall–Kier alpha value is -1.15. The summed E-state index contributed by atoms with van der Waals surface area (Å²) < 4.78 is 5.44. The Balaban J connectivity index is 2.16. The van der Waals surface area contributed by atoms with Gasteiger partial charge in [0.15, 0.2) is 5.78 Å².